The van der Waals surface area contributed by atoms with Gasteiger partial charge in [0, 0.05) is 19.6 Å². The average Bonchev–Trinajstić information content (AvgIpc) is 2.09. The van der Waals surface area contributed by atoms with Gasteiger partial charge < -0.3 is 10.1 Å². The highest BCUT2D eigenvalue weighted by Gasteiger charge is 2.01. The first-order chi connectivity index (χ1) is 6.16. The number of carbonyl (C=O) groups excluding carboxylic acids is 1. The third-order valence-corrected chi connectivity index (χ3v) is 1.53. The van der Waals surface area contributed by atoms with Crippen molar-refractivity contribution in [3.05, 3.63) is 0 Å². The van der Waals surface area contributed by atoms with Crippen LogP contribution in [0.5, 0.6) is 0 Å². The summed E-state index contributed by atoms with van der Waals surface area (Å²) >= 11 is 0. The first-order valence-electron chi connectivity index (χ1n) is 5.01. The molecule has 0 bridgehead atoms. The second kappa shape index (κ2) is 8.05. The van der Waals surface area contributed by atoms with E-state index in [0.29, 0.717) is 18.9 Å². The van der Waals surface area contributed by atoms with Crippen molar-refractivity contribution in [3.8, 4) is 0 Å². The second-order valence-electron chi connectivity index (χ2n) is 3.56. The van der Waals surface area contributed by atoms with Crippen LogP contribution in [0, 0.1) is 5.92 Å². The Morgan fingerprint density at radius 2 is 2.08 bits per heavy atom. The lowest BCUT2D eigenvalue weighted by atomic mass is 10.2. The lowest BCUT2D eigenvalue weighted by molar-refractivity contribution is -0.122. The first kappa shape index (κ1) is 12.4. The lowest BCUT2D eigenvalue weighted by Gasteiger charge is -2.07. The molecule has 1 N–H and O–H groups in total. The van der Waals surface area contributed by atoms with Crippen LogP contribution in [0.15, 0.2) is 0 Å². The topological polar surface area (TPSA) is 38.3 Å². The molecule has 0 aliphatic rings. The molecule has 0 saturated heterocycles. The minimum absolute atomic E-state index is 0.0878. The summed E-state index contributed by atoms with van der Waals surface area (Å²) in [6.07, 6.45) is 1.49. The highest BCUT2D eigenvalue weighted by atomic mass is 16.5. The summed E-state index contributed by atoms with van der Waals surface area (Å²) in [6.45, 7) is 8.25. The Morgan fingerprint density at radius 1 is 1.38 bits per heavy atom. The summed E-state index contributed by atoms with van der Waals surface area (Å²) in [6, 6.07) is 0. The van der Waals surface area contributed by atoms with Crippen molar-refractivity contribution in [1.29, 1.82) is 0 Å². The van der Waals surface area contributed by atoms with E-state index in [1.165, 1.54) is 0 Å². The highest BCUT2D eigenvalue weighted by molar-refractivity contribution is 5.75. The number of ether oxygens (including phenoxy) is 1. The third-order valence-electron chi connectivity index (χ3n) is 1.53. The van der Waals surface area contributed by atoms with E-state index >= 15 is 0 Å². The molecule has 0 unspecified atom stereocenters. The molecule has 3 nitrogen and oxygen atoms in total. The minimum atomic E-state index is 0.0878. The molecule has 0 radical (unpaired) electrons. The van der Waals surface area contributed by atoms with E-state index in [2.05, 4.69) is 26.1 Å². The Labute approximate surface area is 80.8 Å². The summed E-state index contributed by atoms with van der Waals surface area (Å²) in [4.78, 5) is 11.1. The first-order valence-corrected chi connectivity index (χ1v) is 5.01. The van der Waals surface area contributed by atoms with Crippen LogP contribution in [-0.4, -0.2) is 25.7 Å². The molecule has 0 spiro atoms. The maximum atomic E-state index is 11.1. The van der Waals surface area contributed by atoms with Crippen LogP contribution in [0.1, 0.15) is 33.6 Å². The van der Waals surface area contributed by atoms with E-state index < -0.39 is 0 Å². The van der Waals surface area contributed by atoms with Gasteiger partial charge in [0.1, 0.15) is 0 Å². The van der Waals surface area contributed by atoms with Gasteiger partial charge in [-0.1, -0.05) is 20.8 Å². The summed E-state index contributed by atoms with van der Waals surface area (Å²) in [5, 5.41) is 2.84. The normalized spacial score (nSPS) is 10.5. The monoisotopic (exact) mass is 187 g/mol. The maximum absolute atomic E-state index is 11.1. The highest BCUT2D eigenvalue weighted by Crippen LogP contribution is 1.89. The Bertz CT molecular complexity index is 135. The Balaban J connectivity index is 3.20. The molecular weight excluding hydrogens is 166 g/mol. The molecule has 1 amide bonds. The minimum Gasteiger partial charge on any atom is -0.381 e. The summed E-state index contributed by atoms with van der Waals surface area (Å²) < 4.78 is 5.20. The lowest BCUT2D eigenvalue weighted by Crippen LogP contribution is -2.28. The van der Waals surface area contributed by atoms with Crippen LogP contribution in [0.3, 0.4) is 0 Å². The molecule has 0 atom stereocenters. The number of carbonyl (C=O) groups is 1. The largest absolute Gasteiger partial charge is 0.381 e. The molecule has 0 aromatic carbocycles. The van der Waals surface area contributed by atoms with E-state index in [1.54, 1.807) is 0 Å². The zero-order valence-corrected chi connectivity index (χ0v) is 8.93. The van der Waals surface area contributed by atoms with E-state index in [0.717, 1.165) is 19.6 Å². The predicted molar refractivity (Wildman–Crippen MR) is 53.6 cm³/mol. The van der Waals surface area contributed by atoms with Gasteiger partial charge in [-0.3, -0.25) is 4.79 Å². The zero-order valence-electron chi connectivity index (χ0n) is 8.93. The summed E-state index contributed by atoms with van der Waals surface area (Å²) in [5.41, 5.74) is 0. The van der Waals surface area contributed by atoms with Crippen LogP contribution in [-0.2, 0) is 9.53 Å². The van der Waals surface area contributed by atoms with E-state index in [-0.39, 0.29) is 5.91 Å². The van der Waals surface area contributed by atoms with Gasteiger partial charge in [0.25, 0.3) is 0 Å². The molecule has 0 aromatic rings. The smallest absolute Gasteiger partial charge is 0.222 e. The van der Waals surface area contributed by atoms with Crippen LogP contribution in [0.2, 0.25) is 0 Å². The fourth-order valence-electron chi connectivity index (χ4n) is 0.818. The van der Waals surface area contributed by atoms with Crippen LogP contribution < -0.4 is 5.32 Å². The Kier molecular flexibility index (Phi) is 7.69. The molecule has 0 aliphatic heterocycles. The number of hydrogen-bond donors (Lipinski definition) is 1. The van der Waals surface area contributed by atoms with Gasteiger partial charge in [-0.25, -0.2) is 0 Å². The Hall–Kier alpha value is -0.570. The molecule has 0 aromatic heterocycles. The van der Waals surface area contributed by atoms with Crippen molar-refractivity contribution < 1.29 is 9.53 Å². The molecule has 0 rings (SSSR count). The van der Waals surface area contributed by atoms with E-state index in [1.807, 2.05) is 0 Å². The van der Waals surface area contributed by atoms with Gasteiger partial charge in [-0.2, -0.15) is 0 Å². The molecule has 78 valence electrons. The molecule has 13 heavy (non-hydrogen) atoms. The van der Waals surface area contributed by atoms with Crippen LogP contribution in [0.25, 0.3) is 0 Å². The maximum Gasteiger partial charge on any atom is 0.222 e. The molecule has 0 fully saturated rings. The van der Waals surface area contributed by atoms with Gasteiger partial charge in [0.15, 0.2) is 0 Å². The fraction of sp³-hybridized carbons (Fsp3) is 0.900. The quantitative estimate of drug-likeness (QED) is 0.614. The second-order valence-corrected chi connectivity index (χ2v) is 3.56. The van der Waals surface area contributed by atoms with E-state index in [9.17, 15) is 4.79 Å². The van der Waals surface area contributed by atoms with Crippen molar-refractivity contribution in [2.75, 3.05) is 19.8 Å². The van der Waals surface area contributed by atoms with Crippen LogP contribution in [0.4, 0.5) is 0 Å². The molecule has 3 heteroatoms. The van der Waals surface area contributed by atoms with Gasteiger partial charge in [0.2, 0.25) is 5.91 Å². The molecule has 0 aliphatic carbocycles. The van der Waals surface area contributed by atoms with Crippen molar-refractivity contribution >= 4 is 5.91 Å². The molecule has 0 heterocycles. The zero-order chi connectivity index (χ0) is 10.1. The van der Waals surface area contributed by atoms with Crippen LogP contribution >= 0.6 is 0 Å². The van der Waals surface area contributed by atoms with E-state index in [4.69, 9.17) is 4.74 Å². The van der Waals surface area contributed by atoms with Gasteiger partial charge in [-0.05, 0) is 12.3 Å². The molecule has 0 saturated carbocycles. The Morgan fingerprint density at radius 3 is 2.62 bits per heavy atom. The van der Waals surface area contributed by atoms with Gasteiger partial charge in [-0.15, -0.1) is 0 Å². The summed E-state index contributed by atoms with van der Waals surface area (Å²) in [5.74, 6) is 0.602. The standard InChI is InChI=1S/C10H21NO2/c1-4-6-13-7-5-10(12)11-8-9(2)3/h9H,4-8H2,1-3H3,(H,11,12). The summed E-state index contributed by atoms with van der Waals surface area (Å²) in [7, 11) is 0. The van der Waals surface area contributed by atoms with Gasteiger partial charge in [0.05, 0.1) is 6.61 Å². The number of hydrogen-bond acceptors (Lipinski definition) is 2. The predicted octanol–water partition coefficient (Wildman–Crippen LogP) is 1.58. The van der Waals surface area contributed by atoms with Crippen molar-refractivity contribution in [2.45, 2.75) is 33.6 Å². The number of amides is 1. The van der Waals surface area contributed by atoms with Gasteiger partial charge >= 0.3 is 0 Å². The number of rotatable bonds is 7. The fourth-order valence-corrected chi connectivity index (χ4v) is 0.818. The third kappa shape index (κ3) is 9.34. The van der Waals surface area contributed by atoms with Crippen molar-refractivity contribution in [2.24, 2.45) is 5.92 Å². The van der Waals surface area contributed by atoms with Crippen molar-refractivity contribution in [1.82, 2.24) is 5.32 Å². The average molecular weight is 187 g/mol. The van der Waals surface area contributed by atoms with Crippen molar-refractivity contribution in [3.63, 3.8) is 0 Å². The molecular formula is C10H21NO2. The number of nitrogens with one attached hydrogen (secondary N) is 1. The SMILES string of the molecule is CCCOCCC(=O)NCC(C)C.